The number of nitrogens with zero attached hydrogens (tertiary/aromatic N) is 4. The summed E-state index contributed by atoms with van der Waals surface area (Å²) < 4.78 is 61.8. The van der Waals surface area contributed by atoms with E-state index < -0.39 is 90.5 Å². The Balaban J connectivity index is 1.53. The summed E-state index contributed by atoms with van der Waals surface area (Å²) in [4.78, 5) is 85.5. The molecule has 2 aromatic heterocycles. The number of nitrogens with one attached hydrogen (secondary N) is 2. The maximum Gasteiger partial charge on any atom is 0.481 e. The number of carboxylic acids is 1. The number of hydrogen-bond donors (Lipinski definition) is 10. The van der Waals surface area contributed by atoms with E-state index in [-0.39, 0.29) is 42.2 Å². The predicted molar refractivity (Wildman–Crippen MR) is 175 cm³/mol. The lowest BCUT2D eigenvalue weighted by Gasteiger charge is -2.30. The summed E-state index contributed by atoms with van der Waals surface area (Å²) in [5, 5.41) is 34.7. The van der Waals surface area contributed by atoms with Gasteiger partial charge in [-0.25, -0.2) is 28.6 Å². The van der Waals surface area contributed by atoms with Crippen LogP contribution < -0.4 is 16.4 Å². The minimum atomic E-state index is -5.57. The Labute approximate surface area is 298 Å². The highest BCUT2D eigenvalue weighted by molar-refractivity contribution is 7.99. The van der Waals surface area contributed by atoms with Crippen LogP contribution in [-0.2, 0) is 50.7 Å². The third kappa shape index (κ3) is 13.0. The van der Waals surface area contributed by atoms with Gasteiger partial charge in [0, 0.05) is 30.7 Å². The van der Waals surface area contributed by atoms with E-state index >= 15 is 0 Å². The first-order valence-corrected chi connectivity index (χ1v) is 20.4. The maximum absolute atomic E-state index is 12.6. The maximum atomic E-state index is 12.6. The second kappa shape index (κ2) is 18.1. The van der Waals surface area contributed by atoms with Crippen molar-refractivity contribution in [2.24, 2.45) is 5.41 Å². The summed E-state index contributed by atoms with van der Waals surface area (Å²) in [6.07, 6.45) is -6.96. The number of nitrogens with two attached hydrogens (primary N) is 1. The number of aliphatic carboxylic acids is 1. The van der Waals surface area contributed by atoms with Crippen LogP contribution >= 0.6 is 35.2 Å². The number of phosphoric ester groups is 3. The fourth-order valence-electron chi connectivity index (χ4n) is 4.36. The van der Waals surface area contributed by atoms with Gasteiger partial charge >= 0.3 is 29.4 Å². The SMILES string of the molecule is CC(C)(COP(=O)(O)OP(=O)(O)OC[C@H]1O[C@@H](n2cnc3c(N)ncnc32)[C@H](O)[C@@H]1OP(=O)(O)O)C(O)C(=O)NCCC(=O)NCCSCC(=O)O. The molecule has 7 atom stereocenters. The quantitative estimate of drug-likeness (QED) is 0.0491. The van der Waals surface area contributed by atoms with Crippen LogP contribution in [0.1, 0.15) is 26.5 Å². The standard InChI is InChI=1S/C23H38N7O18P3S/c1-23(2,18(35)21(36)26-4-3-13(31)25-5-6-52-8-14(32)33)9-45-51(42,43)48-50(40,41)44-7-12-17(47-49(37,38)39)16(34)22(46-12)30-11-29-15-19(24)27-10-28-20(15)30/h10-12,16-18,22,34-35H,3-9H2,1-2H3,(H,25,31)(H,26,36)(H,32,33)(H,40,41)(H,42,43)(H2,24,27,28)(H2,37,38,39)/t12-,16-,17-,18?,22-/m1/s1. The van der Waals surface area contributed by atoms with E-state index in [4.69, 9.17) is 24.6 Å². The summed E-state index contributed by atoms with van der Waals surface area (Å²) in [5.41, 5.74) is 4.23. The van der Waals surface area contributed by atoms with Gasteiger partial charge in [0.1, 0.15) is 36.3 Å². The van der Waals surface area contributed by atoms with Gasteiger partial charge in [-0.05, 0) is 0 Å². The lowest BCUT2D eigenvalue weighted by Crippen LogP contribution is -2.46. The molecule has 52 heavy (non-hydrogen) atoms. The Morgan fingerprint density at radius 1 is 1.08 bits per heavy atom. The first-order valence-electron chi connectivity index (χ1n) is 14.7. The molecule has 25 nitrogen and oxygen atoms in total. The molecule has 0 spiro atoms. The van der Waals surface area contributed by atoms with Gasteiger partial charge < -0.3 is 56.0 Å². The van der Waals surface area contributed by atoms with Crippen molar-refractivity contribution in [3.05, 3.63) is 12.7 Å². The Hall–Kier alpha value is -2.64. The van der Waals surface area contributed by atoms with Crippen molar-refractivity contribution in [3.63, 3.8) is 0 Å². The summed E-state index contributed by atoms with van der Waals surface area (Å²) in [6.45, 7) is 0.414. The number of aliphatic hydroxyl groups excluding tert-OH is 2. The summed E-state index contributed by atoms with van der Waals surface area (Å²) in [5.74, 6) is -2.28. The summed E-state index contributed by atoms with van der Waals surface area (Å²) in [7, 11) is -16.4. The van der Waals surface area contributed by atoms with Crippen molar-refractivity contribution < 1.29 is 85.6 Å². The van der Waals surface area contributed by atoms with E-state index in [1.165, 1.54) is 13.8 Å². The van der Waals surface area contributed by atoms with Crippen molar-refractivity contribution in [1.29, 1.82) is 0 Å². The van der Waals surface area contributed by atoms with Gasteiger partial charge in [0.15, 0.2) is 17.7 Å². The summed E-state index contributed by atoms with van der Waals surface area (Å²) in [6, 6.07) is 0. The van der Waals surface area contributed by atoms with E-state index in [0.29, 0.717) is 5.75 Å². The molecule has 3 heterocycles. The molecular weight excluding hydrogens is 787 g/mol. The van der Waals surface area contributed by atoms with Crippen LogP contribution in [0.4, 0.5) is 5.82 Å². The Morgan fingerprint density at radius 2 is 1.75 bits per heavy atom. The van der Waals surface area contributed by atoms with Gasteiger partial charge in [-0.3, -0.25) is 32.5 Å². The number of phosphoric acid groups is 3. The minimum Gasteiger partial charge on any atom is -0.481 e. The fourth-order valence-corrected chi connectivity index (χ4v) is 7.76. The van der Waals surface area contributed by atoms with Gasteiger partial charge in [0.05, 0.1) is 25.3 Å². The molecule has 1 aliphatic heterocycles. The number of rotatable bonds is 21. The van der Waals surface area contributed by atoms with Crippen LogP contribution in [0.25, 0.3) is 11.2 Å². The highest BCUT2D eigenvalue weighted by Gasteiger charge is 2.50. The van der Waals surface area contributed by atoms with E-state index in [0.717, 1.165) is 29.0 Å². The highest BCUT2D eigenvalue weighted by atomic mass is 32.2. The van der Waals surface area contributed by atoms with Crippen molar-refractivity contribution in [2.75, 3.05) is 43.5 Å². The first kappa shape index (κ1) is 43.8. The molecular formula is C23H38N7O18P3S. The molecule has 3 unspecified atom stereocenters. The number of amides is 2. The smallest absolute Gasteiger partial charge is 0.481 e. The van der Waals surface area contributed by atoms with Gasteiger partial charge in [-0.2, -0.15) is 4.31 Å². The van der Waals surface area contributed by atoms with Crippen molar-refractivity contribution in [3.8, 4) is 0 Å². The third-order valence-corrected chi connectivity index (χ3v) is 10.9. The average Bonchev–Trinajstić information content (AvgIpc) is 3.58. The van der Waals surface area contributed by atoms with Crippen LogP contribution in [0, 0.1) is 5.41 Å². The lowest BCUT2D eigenvalue weighted by atomic mass is 9.87. The fraction of sp³-hybridized carbons (Fsp3) is 0.652. The monoisotopic (exact) mass is 825 g/mol. The van der Waals surface area contributed by atoms with Crippen molar-refractivity contribution in [2.45, 2.75) is 50.9 Å². The average molecular weight is 826 g/mol. The number of carbonyl (C=O) groups excluding carboxylic acids is 2. The number of anilines is 1. The highest BCUT2D eigenvalue weighted by Crippen LogP contribution is 2.61. The number of aromatic nitrogens is 4. The number of thioether (sulfide) groups is 1. The summed E-state index contributed by atoms with van der Waals surface area (Å²) >= 11 is 1.09. The number of carboxylic acid groups (broad SMARTS) is 1. The molecule has 0 radical (unpaired) electrons. The lowest BCUT2D eigenvalue weighted by molar-refractivity contribution is -0.137. The molecule has 2 aromatic rings. The van der Waals surface area contributed by atoms with Gasteiger partial charge in [-0.15, -0.1) is 11.8 Å². The zero-order valence-corrected chi connectivity index (χ0v) is 30.7. The van der Waals surface area contributed by atoms with Crippen LogP contribution in [0.5, 0.6) is 0 Å². The van der Waals surface area contributed by atoms with Gasteiger partial charge in [-0.1, -0.05) is 13.8 Å². The van der Waals surface area contributed by atoms with E-state index in [9.17, 15) is 57.9 Å². The van der Waals surface area contributed by atoms with Crippen LogP contribution in [0.2, 0.25) is 0 Å². The molecule has 294 valence electrons. The van der Waals surface area contributed by atoms with E-state index in [2.05, 4.69) is 34.4 Å². The number of nitrogen functional groups attached to an aromatic ring is 1. The number of hydrogen-bond acceptors (Lipinski definition) is 18. The molecule has 1 saturated heterocycles. The van der Waals surface area contributed by atoms with Crippen molar-refractivity contribution >= 4 is 70.0 Å². The molecule has 0 aromatic carbocycles. The van der Waals surface area contributed by atoms with Gasteiger partial charge in [0.2, 0.25) is 11.8 Å². The first-order chi connectivity index (χ1) is 24.0. The number of ether oxygens (including phenoxy) is 1. The molecule has 1 fully saturated rings. The second-order valence-electron chi connectivity index (χ2n) is 11.5. The molecule has 3 rings (SSSR count). The molecule has 11 N–H and O–H groups in total. The zero-order chi connectivity index (χ0) is 39.1. The van der Waals surface area contributed by atoms with Crippen molar-refractivity contribution in [1.82, 2.24) is 30.2 Å². The normalized spacial score (nSPS) is 22.4. The van der Waals surface area contributed by atoms with Crippen LogP contribution in [0.15, 0.2) is 12.7 Å². The molecule has 29 heteroatoms. The van der Waals surface area contributed by atoms with Crippen LogP contribution in [0.3, 0.4) is 0 Å². The van der Waals surface area contributed by atoms with E-state index in [1.54, 1.807) is 0 Å². The Bertz CT molecular complexity index is 1730. The number of fused-ring (bicyclic) bond motifs is 1. The molecule has 0 aliphatic carbocycles. The minimum absolute atomic E-state index is 0.0260. The number of imidazole rings is 1. The largest absolute Gasteiger partial charge is 0.481 e. The topological polar surface area (TPSA) is 384 Å². The molecule has 1 aliphatic rings. The van der Waals surface area contributed by atoms with Crippen LogP contribution in [-0.4, -0.2) is 134 Å². The molecule has 0 saturated carbocycles. The Kier molecular flexibility index (Phi) is 15.3. The zero-order valence-electron chi connectivity index (χ0n) is 27.2. The number of aliphatic hydroxyl groups is 2. The molecule has 2 amide bonds. The third-order valence-electron chi connectivity index (χ3n) is 6.87. The number of carbonyl (C=O) groups is 3. The predicted octanol–water partition coefficient (Wildman–Crippen LogP) is -1.78. The van der Waals surface area contributed by atoms with Gasteiger partial charge in [0.25, 0.3) is 0 Å². The second-order valence-corrected chi connectivity index (χ2v) is 16.9. The Morgan fingerprint density at radius 3 is 2.40 bits per heavy atom. The molecule has 0 bridgehead atoms. The van der Waals surface area contributed by atoms with E-state index in [1.807, 2.05) is 0 Å².